The summed E-state index contributed by atoms with van der Waals surface area (Å²) in [5.41, 5.74) is -1.86. The van der Waals surface area contributed by atoms with Gasteiger partial charge in [0.15, 0.2) is 0 Å². The molecule has 0 atom stereocenters. The third kappa shape index (κ3) is 9.25. The number of hydrogen-bond acceptors (Lipinski definition) is 14. The Bertz CT molecular complexity index is 3790. The fraction of sp³-hybridized carbons (Fsp3) is 0. The summed E-state index contributed by atoms with van der Waals surface area (Å²) < 4.78 is 151. The molecular weight excluding hydrogens is 1190 g/mol. The van der Waals surface area contributed by atoms with E-state index in [4.69, 9.17) is 103 Å². The number of H-pyrrole nitrogens is 2. The molecule has 3 aromatic heterocycles. The van der Waals surface area contributed by atoms with Crippen LogP contribution in [0.2, 0.25) is 40.2 Å². The maximum Gasteiger partial charge on any atom is 0.125 e. The fourth-order valence-corrected chi connectivity index (χ4v) is 13.7. The van der Waals surface area contributed by atoms with Crippen LogP contribution in [-0.4, -0.2) is 71.8 Å². The zero-order chi connectivity index (χ0) is 52.3. The topological polar surface area (TPSA) is 286 Å². The van der Waals surface area contributed by atoms with Crippen LogP contribution in [0, 0.1) is 0 Å². The van der Waals surface area contributed by atoms with E-state index in [1.165, 1.54) is 48.6 Å². The molecule has 0 amide bonds. The third-order valence-corrected chi connectivity index (χ3v) is 17.8. The lowest BCUT2D eigenvalue weighted by Crippen LogP contribution is -2.02. The standard InChI is InChI=1S/C44H22Cl8N4O12S4/c45-17-1-13-29(69(57,58)59)41(49)33(17)37-21-5-7-23(53-21)38(34-18(46)2-14-30(42(34)50)70(60,61)62)25-9-11-27(55-25)40(36-20(48)4-16-32(44(36)52)72(66,67)68)28-12-10-26(56-28)39(24-8-6-22(37)54-24)35-19(47)3-15-31(43(35)51)71(63,64)65/h1-16,53,56H,(H,57,58,59)(H,60,61,62)(H,63,64,65)(H,66,67,68)/p-4. The first kappa shape index (κ1) is 52.3. The average Bonchev–Trinajstić information content (AvgIpc) is 4.11. The van der Waals surface area contributed by atoms with Crippen LogP contribution < -0.4 is 0 Å². The molecule has 0 unspecified atom stereocenters. The highest BCUT2D eigenvalue weighted by atomic mass is 35.5. The number of aromatic amines is 2. The fourth-order valence-electron chi connectivity index (χ4n) is 8.08. The van der Waals surface area contributed by atoms with Gasteiger partial charge in [-0.05, 0) is 97.1 Å². The van der Waals surface area contributed by atoms with Crippen molar-refractivity contribution in [1.29, 1.82) is 0 Å². The Hall–Kier alpha value is -4.56. The Kier molecular flexibility index (Phi) is 13.6. The van der Waals surface area contributed by atoms with Crippen molar-refractivity contribution in [3.05, 3.63) is 136 Å². The molecule has 2 aliphatic rings. The number of nitrogens with one attached hydrogen (secondary N) is 2. The molecule has 370 valence electrons. The van der Waals surface area contributed by atoms with Gasteiger partial charge in [-0.25, -0.2) is 43.6 Å². The van der Waals surface area contributed by atoms with Crippen molar-refractivity contribution < 1.29 is 51.9 Å². The number of fused-ring (bicyclic) bond motifs is 8. The molecule has 28 heteroatoms. The van der Waals surface area contributed by atoms with Gasteiger partial charge in [-0.2, -0.15) is 0 Å². The lowest BCUT2D eigenvalue weighted by Gasteiger charge is -2.16. The Morgan fingerprint density at radius 1 is 0.306 bits per heavy atom. The van der Waals surface area contributed by atoms with Crippen molar-refractivity contribution in [2.45, 2.75) is 19.6 Å². The van der Waals surface area contributed by atoms with Crippen molar-refractivity contribution in [3.8, 4) is 44.5 Å². The molecule has 0 saturated heterocycles. The predicted molar refractivity (Wildman–Crippen MR) is 273 cm³/mol. The van der Waals surface area contributed by atoms with Gasteiger partial charge in [-0.3, -0.25) is 0 Å². The number of rotatable bonds is 8. The molecule has 0 aliphatic carbocycles. The van der Waals surface area contributed by atoms with E-state index >= 15 is 0 Å². The van der Waals surface area contributed by atoms with Crippen molar-refractivity contribution in [3.63, 3.8) is 0 Å². The van der Waals surface area contributed by atoms with Gasteiger partial charge in [0.1, 0.15) is 40.5 Å². The molecule has 4 aromatic carbocycles. The molecule has 72 heavy (non-hydrogen) atoms. The monoisotopic (exact) mass is 1200 g/mol. The summed E-state index contributed by atoms with van der Waals surface area (Å²) in [5.74, 6) is 0. The summed E-state index contributed by atoms with van der Waals surface area (Å²) in [5, 5.41) is -3.46. The first-order chi connectivity index (χ1) is 33.6. The molecular formula is C44H18Cl8N4O12S4-4. The Balaban J connectivity index is 1.59. The summed E-state index contributed by atoms with van der Waals surface area (Å²) in [7, 11) is -21.1. The Morgan fingerprint density at radius 2 is 0.500 bits per heavy atom. The van der Waals surface area contributed by atoms with Gasteiger partial charge in [-0.15, -0.1) is 0 Å². The van der Waals surface area contributed by atoms with Crippen molar-refractivity contribution in [2.75, 3.05) is 0 Å². The van der Waals surface area contributed by atoms with Gasteiger partial charge in [0, 0.05) is 66.6 Å². The van der Waals surface area contributed by atoms with Gasteiger partial charge in [0.05, 0.1) is 82.5 Å². The van der Waals surface area contributed by atoms with E-state index in [1.807, 2.05) is 0 Å². The first-order valence-electron chi connectivity index (χ1n) is 19.5. The van der Waals surface area contributed by atoms with Crippen molar-refractivity contribution in [1.82, 2.24) is 19.9 Å². The second-order valence-corrected chi connectivity index (χ2v) is 23.8. The normalized spacial score (nSPS) is 13.1. The maximum absolute atomic E-state index is 12.6. The molecule has 9 rings (SSSR count). The first-order valence-corrected chi connectivity index (χ1v) is 28.2. The molecule has 5 heterocycles. The van der Waals surface area contributed by atoms with Gasteiger partial charge >= 0.3 is 0 Å². The number of halogens is 8. The smallest absolute Gasteiger partial charge is 0.125 e. The van der Waals surface area contributed by atoms with E-state index in [0.29, 0.717) is 0 Å². The van der Waals surface area contributed by atoms with Gasteiger partial charge < -0.3 is 28.2 Å². The van der Waals surface area contributed by atoms with Gasteiger partial charge in [-0.1, -0.05) is 92.8 Å². The molecule has 0 fully saturated rings. The highest BCUT2D eigenvalue weighted by Gasteiger charge is 2.28. The minimum atomic E-state index is -5.29. The number of aromatic nitrogens is 4. The highest BCUT2D eigenvalue weighted by molar-refractivity contribution is 7.86. The summed E-state index contributed by atoms with van der Waals surface area (Å²) >= 11 is 54.3. The van der Waals surface area contributed by atoms with E-state index < -0.39 is 80.1 Å². The zero-order valence-electron chi connectivity index (χ0n) is 34.7. The molecule has 0 radical (unpaired) electrons. The van der Waals surface area contributed by atoms with Crippen LogP contribution >= 0.6 is 92.8 Å². The lowest BCUT2D eigenvalue weighted by atomic mass is 10.0. The van der Waals surface area contributed by atoms with Crippen molar-refractivity contribution in [2.24, 2.45) is 0 Å². The highest BCUT2D eigenvalue weighted by Crippen LogP contribution is 2.49. The third-order valence-electron chi connectivity index (χ3n) is 11.1. The summed E-state index contributed by atoms with van der Waals surface area (Å²) in [6, 6.07) is 13.6. The van der Waals surface area contributed by atoms with Crippen LogP contribution in [0.1, 0.15) is 22.8 Å². The SMILES string of the molecule is O=S(=O)([O-])c1ccc(Cl)c(-c2c3nc(c(-c4c(Cl)ccc(S(=O)(=O)[O-])c4Cl)c4ccc([nH]4)c(-c4c(Cl)ccc(S(=O)(=O)[O-])c4Cl)c4nc(c(-c5c(Cl)ccc(S(=O)(=O)[O-])c5Cl)c5ccc2[nH]5)C=C4)C=C3)c1Cl. The molecule has 0 spiro atoms. The maximum atomic E-state index is 12.6. The van der Waals surface area contributed by atoms with Crippen LogP contribution in [0.3, 0.4) is 0 Å². The Morgan fingerprint density at radius 3 is 0.681 bits per heavy atom. The van der Waals surface area contributed by atoms with Gasteiger partial charge in [0.2, 0.25) is 0 Å². The minimum Gasteiger partial charge on any atom is -0.744 e. The van der Waals surface area contributed by atoms with E-state index in [1.54, 1.807) is 0 Å². The van der Waals surface area contributed by atoms with E-state index in [-0.39, 0.29) is 109 Å². The largest absolute Gasteiger partial charge is 0.744 e. The van der Waals surface area contributed by atoms with Crippen LogP contribution in [0.25, 0.3) is 90.9 Å². The molecule has 2 N–H and O–H groups in total. The molecule has 2 aliphatic heterocycles. The molecule has 8 bridgehead atoms. The number of benzene rings is 4. The Labute approximate surface area is 447 Å². The second kappa shape index (κ2) is 18.7. The predicted octanol–water partition coefficient (Wildman–Crippen LogP) is 12.2. The zero-order valence-corrected chi connectivity index (χ0v) is 44.0. The summed E-state index contributed by atoms with van der Waals surface area (Å²) in [4.78, 5) is 12.4. The van der Waals surface area contributed by atoms with E-state index in [0.717, 1.165) is 48.5 Å². The minimum absolute atomic E-state index is 0.00390. The second-order valence-electron chi connectivity index (χ2n) is 15.3. The average molecular weight is 1210 g/mol. The van der Waals surface area contributed by atoms with Crippen LogP contribution in [0.5, 0.6) is 0 Å². The molecule has 0 saturated carbocycles. The molecule has 16 nitrogen and oxygen atoms in total. The van der Waals surface area contributed by atoms with Crippen LogP contribution in [-0.2, 0) is 40.5 Å². The van der Waals surface area contributed by atoms with Crippen molar-refractivity contribution >= 4 is 180 Å². The summed E-state index contributed by atoms with van der Waals surface area (Å²) in [6.07, 6.45) is 5.52. The van der Waals surface area contributed by atoms with Crippen LogP contribution in [0.4, 0.5) is 0 Å². The lowest BCUT2D eigenvalue weighted by molar-refractivity contribution is 0.461. The van der Waals surface area contributed by atoms with Crippen LogP contribution in [0.15, 0.2) is 92.4 Å². The molecule has 7 aromatic rings. The summed E-state index contributed by atoms with van der Waals surface area (Å²) in [6.45, 7) is 0. The quantitative estimate of drug-likeness (QED) is 0.134. The van der Waals surface area contributed by atoms with E-state index in [9.17, 15) is 51.9 Å². The van der Waals surface area contributed by atoms with Gasteiger partial charge in [0.25, 0.3) is 0 Å². The number of nitrogens with zero attached hydrogens (tertiary/aromatic N) is 2. The van der Waals surface area contributed by atoms with E-state index in [2.05, 4.69) is 9.97 Å². The number of hydrogen-bond donors (Lipinski definition) is 2.